The molecule has 116 valence electrons. The van der Waals surface area contributed by atoms with Gasteiger partial charge in [0.05, 0.1) is 0 Å². The van der Waals surface area contributed by atoms with E-state index < -0.39 is 12.0 Å². The van der Waals surface area contributed by atoms with Crippen LogP contribution in [0, 0.1) is 0 Å². The monoisotopic (exact) mass is 308 g/mol. The fraction of sp³-hybridized carbons (Fsp3) is 0.562. The molecule has 0 bridgehead atoms. The minimum Gasteiger partial charge on any atom is -0.480 e. The van der Waals surface area contributed by atoms with Crippen molar-refractivity contribution in [1.82, 2.24) is 5.32 Å². The smallest absolute Gasteiger partial charge is 0.320 e. The van der Waals surface area contributed by atoms with E-state index in [1.807, 2.05) is 12.3 Å². The largest absolute Gasteiger partial charge is 0.480 e. The number of para-hydroxylation sites is 1. The quantitative estimate of drug-likeness (QED) is 0.810. The van der Waals surface area contributed by atoms with E-state index in [0.717, 1.165) is 31.7 Å². The maximum atomic E-state index is 11.3. The number of rotatable bonds is 7. The van der Waals surface area contributed by atoms with Gasteiger partial charge in [-0.2, -0.15) is 11.8 Å². The summed E-state index contributed by atoms with van der Waals surface area (Å²) in [7, 11) is 0. The third-order valence-corrected chi connectivity index (χ3v) is 4.61. The second kappa shape index (κ2) is 8.29. The van der Waals surface area contributed by atoms with Gasteiger partial charge in [-0.1, -0.05) is 18.2 Å². The van der Waals surface area contributed by atoms with Crippen LogP contribution >= 0.6 is 11.8 Å². The van der Waals surface area contributed by atoms with E-state index in [-0.39, 0.29) is 0 Å². The van der Waals surface area contributed by atoms with E-state index >= 15 is 0 Å². The minimum atomic E-state index is -0.727. The zero-order chi connectivity index (χ0) is 15.1. The van der Waals surface area contributed by atoms with Gasteiger partial charge in [-0.3, -0.25) is 4.79 Å². The summed E-state index contributed by atoms with van der Waals surface area (Å²) < 4.78 is 0. The molecule has 1 aliphatic heterocycles. The van der Waals surface area contributed by atoms with E-state index in [1.54, 1.807) is 11.8 Å². The number of hydrogen-bond acceptors (Lipinski definition) is 4. The van der Waals surface area contributed by atoms with Gasteiger partial charge >= 0.3 is 5.97 Å². The number of piperidine rings is 1. The zero-order valence-electron chi connectivity index (χ0n) is 12.5. The van der Waals surface area contributed by atoms with Gasteiger partial charge < -0.3 is 15.3 Å². The lowest BCUT2D eigenvalue weighted by Gasteiger charge is -2.35. The average Bonchev–Trinajstić information content (AvgIpc) is 2.52. The van der Waals surface area contributed by atoms with Crippen LogP contribution in [0.3, 0.4) is 0 Å². The number of aliphatic carboxylic acids is 1. The summed E-state index contributed by atoms with van der Waals surface area (Å²) in [5.41, 5.74) is 1.26. The van der Waals surface area contributed by atoms with Crippen LogP contribution in [-0.4, -0.2) is 48.3 Å². The molecule has 0 saturated carbocycles. The highest BCUT2D eigenvalue weighted by Gasteiger charge is 2.24. The Kier molecular flexibility index (Phi) is 6.39. The van der Waals surface area contributed by atoms with Crippen LogP contribution in [0.5, 0.6) is 0 Å². The van der Waals surface area contributed by atoms with Crippen LogP contribution in [0.2, 0.25) is 0 Å². The van der Waals surface area contributed by atoms with Gasteiger partial charge in [-0.05, 0) is 43.4 Å². The minimum absolute atomic E-state index is 0.313. The summed E-state index contributed by atoms with van der Waals surface area (Å²) in [5.74, 6) is 0.154. The Morgan fingerprint density at radius 1 is 1.38 bits per heavy atom. The van der Waals surface area contributed by atoms with E-state index in [9.17, 15) is 9.90 Å². The SMILES string of the molecule is CSCC[C@H](NC1CCN(c2ccccc2)CC1)C(=O)O. The lowest BCUT2D eigenvalue weighted by molar-refractivity contribution is -0.139. The highest BCUT2D eigenvalue weighted by atomic mass is 32.2. The lowest BCUT2D eigenvalue weighted by atomic mass is 10.0. The number of carboxylic acid groups (broad SMARTS) is 1. The van der Waals surface area contributed by atoms with Crippen molar-refractivity contribution in [2.45, 2.75) is 31.3 Å². The van der Waals surface area contributed by atoms with E-state index in [2.05, 4.69) is 34.5 Å². The first kappa shape index (κ1) is 16.2. The Bertz CT molecular complexity index is 433. The van der Waals surface area contributed by atoms with E-state index in [0.29, 0.717) is 12.5 Å². The van der Waals surface area contributed by atoms with Crippen molar-refractivity contribution >= 4 is 23.4 Å². The fourth-order valence-electron chi connectivity index (χ4n) is 2.74. The number of carboxylic acids is 1. The van der Waals surface area contributed by atoms with Crippen LogP contribution in [0.4, 0.5) is 5.69 Å². The highest BCUT2D eigenvalue weighted by molar-refractivity contribution is 7.98. The first-order chi connectivity index (χ1) is 10.2. The molecule has 0 aliphatic carbocycles. The van der Waals surface area contributed by atoms with Gasteiger partial charge in [0.2, 0.25) is 0 Å². The predicted octanol–water partition coefficient (Wildman–Crippen LogP) is 2.45. The number of benzene rings is 1. The first-order valence-electron chi connectivity index (χ1n) is 7.48. The number of anilines is 1. The third kappa shape index (κ3) is 4.93. The van der Waals surface area contributed by atoms with Crippen molar-refractivity contribution < 1.29 is 9.90 Å². The number of nitrogens with one attached hydrogen (secondary N) is 1. The molecule has 21 heavy (non-hydrogen) atoms. The second-order valence-electron chi connectivity index (χ2n) is 5.44. The maximum Gasteiger partial charge on any atom is 0.320 e. The Labute approximate surface area is 130 Å². The molecular weight excluding hydrogens is 284 g/mol. The molecule has 1 heterocycles. The lowest BCUT2D eigenvalue weighted by Crippen LogP contribution is -2.49. The van der Waals surface area contributed by atoms with Crippen molar-refractivity contribution in [1.29, 1.82) is 0 Å². The Balaban J connectivity index is 1.81. The van der Waals surface area contributed by atoms with Gasteiger partial charge in [0, 0.05) is 24.8 Å². The summed E-state index contributed by atoms with van der Waals surface area (Å²) in [4.78, 5) is 13.7. The highest BCUT2D eigenvalue weighted by Crippen LogP contribution is 2.20. The van der Waals surface area contributed by atoms with Crippen LogP contribution in [0.15, 0.2) is 30.3 Å². The van der Waals surface area contributed by atoms with Gasteiger partial charge in [-0.25, -0.2) is 0 Å². The molecule has 5 heteroatoms. The standard InChI is InChI=1S/C16H24N2O2S/c1-21-12-9-15(16(19)20)17-13-7-10-18(11-8-13)14-5-3-2-4-6-14/h2-6,13,15,17H,7-12H2,1H3,(H,19,20)/t15-/m0/s1. The van der Waals surface area contributed by atoms with Gasteiger partial charge in [0.15, 0.2) is 0 Å². The zero-order valence-corrected chi connectivity index (χ0v) is 13.3. The first-order valence-corrected chi connectivity index (χ1v) is 8.88. The number of hydrogen-bond donors (Lipinski definition) is 2. The third-order valence-electron chi connectivity index (χ3n) is 3.96. The Morgan fingerprint density at radius 2 is 2.05 bits per heavy atom. The van der Waals surface area contributed by atoms with Crippen LogP contribution in [0.25, 0.3) is 0 Å². The molecule has 0 aromatic heterocycles. The Hall–Kier alpha value is -1.20. The molecule has 4 nitrogen and oxygen atoms in total. The summed E-state index contributed by atoms with van der Waals surface area (Å²) in [6, 6.07) is 10.3. The normalized spacial score (nSPS) is 17.7. The van der Waals surface area contributed by atoms with E-state index in [4.69, 9.17) is 0 Å². The molecule has 0 radical (unpaired) electrons. The molecule has 1 atom stereocenters. The molecule has 2 rings (SSSR count). The predicted molar refractivity (Wildman–Crippen MR) is 89.2 cm³/mol. The molecule has 1 aromatic carbocycles. The molecule has 1 aromatic rings. The van der Waals surface area contributed by atoms with Crippen LogP contribution < -0.4 is 10.2 Å². The number of nitrogens with zero attached hydrogens (tertiary/aromatic N) is 1. The van der Waals surface area contributed by atoms with Crippen molar-refractivity contribution in [2.24, 2.45) is 0 Å². The van der Waals surface area contributed by atoms with Crippen molar-refractivity contribution in [2.75, 3.05) is 30.0 Å². The molecule has 2 N–H and O–H groups in total. The molecular formula is C16H24N2O2S. The van der Waals surface area contributed by atoms with Gasteiger partial charge in [0.25, 0.3) is 0 Å². The van der Waals surface area contributed by atoms with Gasteiger partial charge in [0.1, 0.15) is 6.04 Å². The van der Waals surface area contributed by atoms with Crippen LogP contribution in [0.1, 0.15) is 19.3 Å². The number of thioether (sulfide) groups is 1. The molecule has 1 fully saturated rings. The summed E-state index contributed by atoms with van der Waals surface area (Å²) >= 11 is 1.70. The Morgan fingerprint density at radius 3 is 2.62 bits per heavy atom. The van der Waals surface area contributed by atoms with E-state index in [1.165, 1.54) is 5.69 Å². The summed E-state index contributed by atoms with van der Waals surface area (Å²) in [6.45, 7) is 1.97. The van der Waals surface area contributed by atoms with Crippen LogP contribution in [-0.2, 0) is 4.79 Å². The maximum absolute atomic E-state index is 11.3. The topological polar surface area (TPSA) is 52.6 Å². The molecule has 1 saturated heterocycles. The second-order valence-corrected chi connectivity index (χ2v) is 6.42. The van der Waals surface area contributed by atoms with Crippen molar-refractivity contribution in [3.05, 3.63) is 30.3 Å². The summed E-state index contributed by atoms with van der Waals surface area (Å²) in [5, 5.41) is 12.6. The number of carbonyl (C=O) groups is 1. The molecule has 1 aliphatic rings. The van der Waals surface area contributed by atoms with Crippen molar-refractivity contribution in [3.8, 4) is 0 Å². The molecule has 0 spiro atoms. The molecule has 0 unspecified atom stereocenters. The van der Waals surface area contributed by atoms with Gasteiger partial charge in [-0.15, -0.1) is 0 Å². The van der Waals surface area contributed by atoms with Crippen molar-refractivity contribution in [3.63, 3.8) is 0 Å². The average molecular weight is 308 g/mol. The summed E-state index contributed by atoms with van der Waals surface area (Å²) in [6.07, 6.45) is 4.70. The fourth-order valence-corrected chi connectivity index (χ4v) is 3.21. The molecule has 0 amide bonds.